The predicted octanol–water partition coefficient (Wildman–Crippen LogP) is 1.99. The number of hydrogen-bond donors (Lipinski definition) is 1. The van der Waals surface area contributed by atoms with E-state index < -0.39 is 21.9 Å². The van der Waals surface area contributed by atoms with Crippen molar-refractivity contribution < 1.29 is 17.1 Å². The second kappa shape index (κ2) is 5.33. The fourth-order valence-corrected chi connectivity index (χ4v) is 3.45. The molecule has 1 atom stereocenters. The minimum Gasteiger partial charge on any atom is -0.397 e. The molecule has 5 nitrogen and oxygen atoms in total. The normalized spacial score (nSPS) is 19.6. The maximum atomic E-state index is 12.7. The van der Waals surface area contributed by atoms with Gasteiger partial charge in [-0.2, -0.15) is 8.42 Å². The van der Waals surface area contributed by atoms with Crippen LogP contribution in [-0.2, 0) is 15.0 Å². The summed E-state index contributed by atoms with van der Waals surface area (Å²) in [6, 6.07) is 3.45. The Morgan fingerprint density at radius 2 is 2.15 bits per heavy atom. The monoisotopic (exact) mass is 364 g/mol. The molecule has 0 aromatic heterocycles. The van der Waals surface area contributed by atoms with Crippen LogP contribution in [0, 0.1) is 12.8 Å². The Labute approximate surface area is 125 Å². The zero-order chi connectivity index (χ0) is 15.1. The van der Waals surface area contributed by atoms with E-state index in [4.69, 9.17) is 5.73 Å². The largest absolute Gasteiger partial charge is 0.397 e. The van der Waals surface area contributed by atoms with Gasteiger partial charge in [0.15, 0.2) is 0 Å². The van der Waals surface area contributed by atoms with Gasteiger partial charge in [-0.15, -0.1) is 3.89 Å². The molecular formula is C12H14BrFN2O3S. The lowest BCUT2D eigenvalue weighted by Gasteiger charge is -2.19. The summed E-state index contributed by atoms with van der Waals surface area (Å²) in [6.07, 6.45) is 0.00802. The smallest absolute Gasteiger partial charge is 0.302 e. The van der Waals surface area contributed by atoms with Crippen molar-refractivity contribution in [2.24, 2.45) is 5.92 Å². The number of hydrogen-bond acceptors (Lipinski definition) is 4. The molecule has 0 radical (unpaired) electrons. The molecule has 1 aromatic carbocycles. The summed E-state index contributed by atoms with van der Waals surface area (Å²) < 4.78 is 34.9. The Balaban J connectivity index is 2.26. The zero-order valence-electron chi connectivity index (χ0n) is 10.8. The van der Waals surface area contributed by atoms with E-state index in [2.05, 4.69) is 15.9 Å². The highest BCUT2D eigenvalue weighted by atomic mass is 79.9. The molecule has 1 aliphatic rings. The van der Waals surface area contributed by atoms with Crippen LogP contribution < -0.4 is 10.6 Å². The number of benzene rings is 1. The second-order valence-corrected chi connectivity index (χ2v) is 7.21. The standard InChI is InChI=1S/C12H14BrFN2O3S/c1-7-2-10(15)11(4-9(7)13)16-5-8(3-12(16)17)6-20(14,18)19/h2,4,8H,3,5-6,15H2,1H3. The van der Waals surface area contributed by atoms with Crippen LogP contribution >= 0.6 is 15.9 Å². The number of nitrogens with zero attached hydrogens (tertiary/aromatic N) is 1. The average Bonchev–Trinajstić information content (AvgIpc) is 2.62. The highest BCUT2D eigenvalue weighted by Crippen LogP contribution is 2.34. The van der Waals surface area contributed by atoms with Crippen LogP contribution in [0.4, 0.5) is 15.3 Å². The zero-order valence-corrected chi connectivity index (χ0v) is 13.2. The predicted molar refractivity (Wildman–Crippen MR) is 78.6 cm³/mol. The third-order valence-electron chi connectivity index (χ3n) is 3.24. The summed E-state index contributed by atoms with van der Waals surface area (Å²) in [6.45, 7) is 2.02. The van der Waals surface area contributed by atoms with Gasteiger partial charge in [-0.05, 0) is 24.6 Å². The van der Waals surface area contributed by atoms with E-state index in [1.165, 1.54) is 4.90 Å². The molecule has 1 saturated heterocycles. The van der Waals surface area contributed by atoms with E-state index in [-0.39, 0.29) is 18.9 Å². The van der Waals surface area contributed by atoms with Gasteiger partial charge in [0.2, 0.25) is 5.91 Å². The molecule has 1 amide bonds. The van der Waals surface area contributed by atoms with Crippen molar-refractivity contribution in [3.05, 3.63) is 22.2 Å². The number of halogens is 2. The first-order valence-corrected chi connectivity index (χ1v) is 8.30. The number of nitrogens with two attached hydrogens (primary N) is 1. The first-order valence-electron chi connectivity index (χ1n) is 5.95. The van der Waals surface area contributed by atoms with Crippen LogP contribution in [0.15, 0.2) is 16.6 Å². The molecule has 0 saturated carbocycles. The summed E-state index contributed by atoms with van der Waals surface area (Å²) in [5.41, 5.74) is 7.78. The molecule has 1 unspecified atom stereocenters. The summed E-state index contributed by atoms with van der Waals surface area (Å²) in [5.74, 6) is -1.43. The molecule has 0 spiro atoms. The molecule has 1 aliphatic heterocycles. The van der Waals surface area contributed by atoms with Crippen molar-refractivity contribution in [1.82, 2.24) is 0 Å². The second-order valence-electron chi connectivity index (χ2n) is 4.94. The first-order chi connectivity index (χ1) is 9.17. The van der Waals surface area contributed by atoms with Gasteiger partial charge in [-0.1, -0.05) is 15.9 Å². The number of amides is 1. The molecule has 2 rings (SSSR count). The molecule has 110 valence electrons. The van der Waals surface area contributed by atoms with Crippen LogP contribution in [-0.4, -0.2) is 26.6 Å². The van der Waals surface area contributed by atoms with Crippen molar-refractivity contribution in [1.29, 1.82) is 0 Å². The topological polar surface area (TPSA) is 80.5 Å². The molecule has 0 bridgehead atoms. The highest BCUT2D eigenvalue weighted by molar-refractivity contribution is 9.10. The lowest BCUT2D eigenvalue weighted by molar-refractivity contribution is -0.117. The number of nitrogen functional groups attached to an aromatic ring is 1. The van der Waals surface area contributed by atoms with Crippen molar-refractivity contribution >= 4 is 43.4 Å². The lowest BCUT2D eigenvalue weighted by atomic mass is 10.1. The van der Waals surface area contributed by atoms with Crippen molar-refractivity contribution in [3.8, 4) is 0 Å². The third-order valence-corrected chi connectivity index (χ3v) is 4.96. The van der Waals surface area contributed by atoms with Crippen LogP contribution in [0.5, 0.6) is 0 Å². The third kappa shape index (κ3) is 3.29. The van der Waals surface area contributed by atoms with Gasteiger partial charge in [-0.25, -0.2) is 0 Å². The number of anilines is 2. The van der Waals surface area contributed by atoms with Crippen molar-refractivity contribution in [2.75, 3.05) is 22.9 Å². The minimum absolute atomic E-state index is 0.00802. The Hall–Kier alpha value is -1.15. The quantitative estimate of drug-likeness (QED) is 0.656. The summed E-state index contributed by atoms with van der Waals surface area (Å²) in [7, 11) is -4.58. The van der Waals surface area contributed by atoms with Gasteiger partial charge in [0.05, 0.1) is 17.1 Å². The highest BCUT2D eigenvalue weighted by Gasteiger charge is 2.34. The Bertz CT molecular complexity index is 663. The van der Waals surface area contributed by atoms with Crippen LogP contribution in [0.1, 0.15) is 12.0 Å². The SMILES string of the molecule is Cc1cc(N)c(N2CC(CS(=O)(=O)F)CC2=O)cc1Br. The summed E-state index contributed by atoms with van der Waals surface area (Å²) in [5, 5.41) is 0. The number of carbonyl (C=O) groups excluding carboxylic acids is 1. The first kappa shape index (κ1) is 15.2. The molecule has 20 heavy (non-hydrogen) atoms. The Morgan fingerprint density at radius 1 is 1.50 bits per heavy atom. The Morgan fingerprint density at radius 3 is 2.75 bits per heavy atom. The van der Waals surface area contributed by atoms with Crippen LogP contribution in [0.3, 0.4) is 0 Å². The number of aryl methyl sites for hydroxylation is 1. The molecule has 0 aliphatic carbocycles. The van der Waals surface area contributed by atoms with Crippen LogP contribution in [0.25, 0.3) is 0 Å². The molecule has 1 aromatic rings. The van der Waals surface area contributed by atoms with E-state index in [1.807, 2.05) is 6.92 Å². The van der Waals surface area contributed by atoms with Gasteiger partial charge >= 0.3 is 10.2 Å². The van der Waals surface area contributed by atoms with E-state index in [1.54, 1.807) is 12.1 Å². The van der Waals surface area contributed by atoms with Gasteiger partial charge in [0.25, 0.3) is 0 Å². The maximum Gasteiger partial charge on any atom is 0.302 e. The van der Waals surface area contributed by atoms with E-state index >= 15 is 0 Å². The molecule has 1 fully saturated rings. The van der Waals surface area contributed by atoms with Gasteiger partial charge in [0.1, 0.15) is 0 Å². The fourth-order valence-electron chi connectivity index (χ4n) is 2.33. The molecule has 8 heteroatoms. The van der Waals surface area contributed by atoms with Gasteiger partial charge in [-0.3, -0.25) is 4.79 Å². The number of carbonyl (C=O) groups is 1. The van der Waals surface area contributed by atoms with Crippen LogP contribution in [0.2, 0.25) is 0 Å². The van der Waals surface area contributed by atoms with E-state index in [0.717, 1.165) is 10.0 Å². The average molecular weight is 365 g/mol. The van der Waals surface area contributed by atoms with Crippen molar-refractivity contribution in [3.63, 3.8) is 0 Å². The number of rotatable bonds is 3. The fraction of sp³-hybridized carbons (Fsp3) is 0.417. The van der Waals surface area contributed by atoms with Crippen molar-refractivity contribution in [2.45, 2.75) is 13.3 Å². The summed E-state index contributed by atoms with van der Waals surface area (Å²) >= 11 is 3.36. The minimum atomic E-state index is -4.58. The maximum absolute atomic E-state index is 12.7. The molecule has 1 heterocycles. The van der Waals surface area contributed by atoms with E-state index in [0.29, 0.717) is 11.4 Å². The van der Waals surface area contributed by atoms with Gasteiger partial charge < -0.3 is 10.6 Å². The van der Waals surface area contributed by atoms with E-state index in [9.17, 15) is 17.1 Å². The molecule has 2 N–H and O–H groups in total. The Kier molecular flexibility index (Phi) is 4.06. The lowest BCUT2D eigenvalue weighted by Crippen LogP contribution is -2.26. The molecular weight excluding hydrogens is 351 g/mol. The van der Waals surface area contributed by atoms with Gasteiger partial charge in [0, 0.05) is 23.4 Å². The summed E-state index contributed by atoms with van der Waals surface area (Å²) in [4.78, 5) is 13.4.